The van der Waals surface area contributed by atoms with Gasteiger partial charge in [0.25, 0.3) is 0 Å². The van der Waals surface area contributed by atoms with Crippen LogP contribution in [0.25, 0.3) is 0 Å². The van der Waals surface area contributed by atoms with Crippen molar-refractivity contribution in [3.63, 3.8) is 0 Å². The van der Waals surface area contributed by atoms with Crippen LogP contribution in [-0.2, 0) is 9.59 Å². The van der Waals surface area contributed by atoms with Gasteiger partial charge < -0.3 is 10.6 Å². The molecule has 0 aromatic heterocycles. The van der Waals surface area contributed by atoms with Crippen molar-refractivity contribution in [2.75, 3.05) is 12.4 Å². The molecule has 1 fully saturated rings. The van der Waals surface area contributed by atoms with Gasteiger partial charge in [-0.3, -0.25) is 9.59 Å². The molecule has 1 aliphatic heterocycles. The molecule has 0 aliphatic carbocycles. The summed E-state index contributed by atoms with van der Waals surface area (Å²) in [5.41, 5.74) is 0. The minimum atomic E-state index is -0.395. The highest BCUT2D eigenvalue weighted by atomic mass is 35.5. The Morgan fingerprint density at radius 1 is 1.62 bits per heavy atom. The van der Waals surface area contributed by atoms with Gasteiger partial charge in [-0.15, -0.1) is 11.6 Å². The summed E-state index contributed by atoms with van der Waals surface area (Å²) < 4.78 is 0. The van der Waals surface area contributed by atoms with E-state index in [0.717, 1.165) is 12.8 Å². The van der Waals surface area contributed by atoms with E-state index in [1.807, 2.05) is 0 Å². The number of carbonyl (C=O) groups excluding carboxylic acids is 2. The highest BCUT2D eigenvalue weighted by Gasteiger charge is 2.21. The number of hydrogen-bond donors (Lipinski definition) is 2. The van der Waals surface area contributed by atoms with Gasteiger partial charge >= 0.3 is 0 Å². The molecule has 2 N–H and O–H groups in total. The third-order valence-corrected chi connectivity index (χ3v) is 2.23. The first kappa shape index (κ1) is 10.3. The number of hydrogen-bond acceptors (Lipinski definition) is 2. The van der Waals surface area contributed by atoms with Crippen LogP contribution in [-0.4, -0.2) is 30.3 Å². The van der Waals surface area contributed by atoms with Crippen molar-refractivity contribution in [3.8, 4) is 0 Å². The molecule has 0 aromatic carbocycles. The highest BCUT2D eigenvalue weighted by molar-refractivity contribution is 6.27. The first-order valence-electron chi connectivity index (χ1n) is 4.37. The van der Waals surface area contributed by atoms with Crippen molar-refractivity contribution in [2.45, 2.75) is 25.3 Å². The van der Waals surface area contributed by atoms with E-state index in [4.69, 9.17) is 11.6 Å². The number of amides is 2. The van der Waals surface area contributed by atoms with Crippen LogP contribution in [0, 0.1) is 0 Å². The molecule has 1 saturated heterocycles. The highest BCUT2D eigenvalue weighted by Crippen LogP contribution is 2.04. The van der Waals surface area contributed by atoms with Gasteiger partial charge in [-0.2, -0.15) is 0 Å². The summed E-state index contributed by atoms with van der Waals surface area (Å²) in [4.78, 5) is 22.2. The summed E-state index contributed by atoms with van der Waals surface area (Å²) in [6.07, 6.45) is 2.62. The van der Waals surface area contributed by atoms with Gasteiger partial charge in [-0.1, -0.05) is 0 Å². The topological polar surface area (TPSA) is 58.2 Å². The molecule has 0 saturated carbocycles. The van der Waals surface area contributed by atoms with E-state index in [1.54, 1.807) is 0 Å². The van der Waals surface area contributed by atoms with Crippen LogP contribution < -0.4 is 10.6 Å². The maximum atomic E-state index is 11.3. The summed E-state index contributed by atoms with van der Waals surface area (Å²) in [5.74, 6) is -0.483. The minimum Gasteiger partial charge on any atom is -0.354 e. The van der Waals surface area contributed by atoms with Crippen molar-refractivity contribution in [3.05, 3.63) is 0 Å². The summed E-state index contributed by atoms with van der Waals surface area (Å²) in [7, 11) is 0. The van der Waals surface area contributed by atoms with Gasteiger partial charge in [-0.25, -0.2) is 0 Å². The lowest BCUT2D eigenvalue weighted by atomic mass is 10.1. The van der Waals surface area contributed by atoms with Gasteiger partial charge in [0.2, 0.25) is 11.8 Å². The lowest BCUT2D eigenvalue weighted by Gasteiger charge is -2.13. The molecule has 1 unspecified atom stereocenters. The van der Waals surface area contributed by atoms with Crippen LogP contribution in [0.15, 0.2) is 0 Å². The Balaban J connectivity index is 2.45. The van der Waals surface area contributed by atoms with Crippen molar-refractivity contribution in [2.24, 2.45) is 0 Å². The van der Waals surface area contributed by atoms with Crippen molar-refractivity contribution >= 4 is 23.4 Å². The molecule has 5 heteroatoms. The lowest BCUT2D eigenvalue weighted by Crippen LogP contribution is -2.45. The van der Waals surface area contributed by atoms with Crippen LogP contribution in [0.3, 0.4) is 0 Å². The summed E-state index contributed by atoms with van der Waals surface area (Å²) in [6, 6.07) is -0.395. The number of halogens is 1. The summed E-state index contributed by atoms with van der Waals surface area (Å²) in [5, 5.41) is 5.30. The van der Waals surface area contributed by atoms with Gasteiger partial charge in [0.1, 0.15) is 11.9 Å². The Bertz CT molecular complexity index is 208. The Hall–Kier alpha value is -0.770. The molecule has 1 rings (SSSR count). The average Bonchev–Trinajstić information content (AvgIpc) is 2.32. The molecule has 2 amide bonds. The minimum absolute atomic E-state index is 0.0935. The predicted octanol–water partition coefficient (Wildman–Crippen LogP) is 0.0101. The number of nitrogens with one attached hydrogen (secondary N) is 2. The van der Waals surface area contributed by atoms with E-state index in [1.165, 1.54) is 0 Å². The van der Waals surface area contributed by atoms with Crippen molar-refractivity contribution in [1.82, 2.24) is 10.6 Å². The second-order valence-corrected chi connectivity index (χ2v) is 3.31. The number of carbonyl (C=O) groups is 2. The van der Waals surface area contributed by atoms with Gasteiger partial charge in [0.05, 0.1) is 0 Å². The fraction of sp³-hybridized carbons (Fsp3) is 0.750. The van der Waals surface area contributed by atoms with Crippen LogP contribution >= 0.6 is 11.6 Å². The molecule has 74 valence electrons. The van der Waals surface area contributed by atoms with E-state index < -0.39 is 6.04 Å². The molecular formula is C8H13ClN2O2. The number of alkyl halides is 1. The zero-order valence-corrected chi connectivity index (χ0v) is 8.06. The van der Waals surface area contributed by atoms with Crippen molar-refractivity contribution in [1.29, 1.82) is 0 Å². The zero-order valence-electron chi connectivity index (χ0n) is 7.31. The maximum Gasteiger partial charge on any atom is 0.242 e. The first-order chi connectivity index (χ1) is 6.24. The standard InChI is InChI=1S/C8H13ClN2O2/c9-5-7(12)11-6-3-1-2-4-10-8(6)13/h6H,1-5H2,(H,10,13)(H,11,12). The molecule has 4 nitrogen and oxygen atoms in total. The average molecular weight is 205 g/mol. The first-order valence-corrected chi connectivity index (χ1v) is 4.90. The molecule has 0 bridgehead atoms. The maximum absolute atomic E-state index is 11.3. The van der Waals surface area contributed by atoms with E-state index in [0.29, 0.717) is 13.0 Å². The van der Waals surface area contributed by atoms with Crippen molar-refractivity contribution < 1.29 is 9.59 Å². The summed E-state index contributed by atoms with van der Waals surface area (Å²) in [6.45, 7) is 0.700. The fourth-order valence-corrected chi connectivity index (χ4v) is 1.39. The molecule has 1 aliphatic rings. The molecule has 0 radical (unpaired) electrons. The number of rotatable bonds is 2. The molecule has 1 heterocycles. The van der Waals surface area contributed by atoms with E-state index in [-0.39, 0.29) is 17.7 Å². The van der Waals surface area contributed by atoms with Crippen LogP contribution in [0.2, 0.25) is 0 Å². The summed E-state index contributed by atoms with van der Waals surface area (Å²) >= 11 is 5.32. The normalized spacial score (nSPS) is 23.2. The Labute approximate surface area is 82.0 Å². The Morgan fingerprint density at radius 3 is 3.08 bits per heavy atom. The lowest BCUT2D eigenvalue weighted by molar-refractivity contribution is -0.127. The Kier molecular flexibility index (Phi) is 4.02. The Morgan fingerprint density at radius 2 is 2.38 bits per heavy atom. The predicted molar refractivity (Wildman–Crippen MR) is 49.5 cm³/mol. The zero-order chi connectivity index (χ0) is 9.68. The molecule has 1 atom stereocenters. The van der Waals surface area contributed by atoms with Crippen LogP contribution in [0.5, 0.6) is 0 Å². The van der Waals surface area contributed by atoms with E-state index >= 15 is 0 Å². The third-order valence-electron chi connectivity index (χ3n) is 1.99. The van der Waals surface area contributed by atoms with Gasteiger partial charge in [0.15, 0.2) is 0 Å². The molecular weight excluding hydrogens is 192 g/mol. The fourth-order valence-electron chi connectivity index (χ4n) is 1.31. The second-order valence-electron chi connectivity index (χ2n) is 3.04. The molecule has 13 heavy (non-hydrogen) atoms. The van der Waals surface area contributed by atoms with Gasteiger partial charge in [0, 0.05) is 6.54 Å². The van der Waals surface area contributed by atoms with Gasteiger partial charge in [-0.05, 0) is 19.3 Å². The van der Waals surface area contributed by atoms with Crippen LogP contribution in [0.4, 0.5) is 0 Å². The van der Waals surface area contributed by atoms with E-state index in [9.17, 15) is 9.59 Å². The second kappa shape index (κ2) is 5.07. The largest absolute Gasteiger partial charge is 0.354 e. The third kappa shape index (κ3) is 3.22. The quantitative estimate of drug-likeness (QED) is 0.623. The van der Waals surface area contributed by atoms with Crippen LogP contribution in [0.1, 0.15) is 19.3 Å². The smallest absolute Gasteiger partial charge is 0.242 e. The monoisotopic (exact) mass is 204 g/mol. The van der Waals surface area contributed by atoms with E-state index in [2.05, 4.69) is 10.6 Å². The molecule has 0 spiro atoms. The molecule has 0 aromatic rings. The SMILES string of the molecule is O=C(CCl)NC1CCCCNC1=O.